The van der Waals surface area contributed by atoms with Gasteiger partial charge in [-0.15, -0.1) is 5.10 Å². The zero-order valence-electron chi connectivity index (χ0n) is 29.2. The van der Waals surface area contributed by atoms with Gasteiger partial charge in [-0.05, 0) is 89.0 Å². The largest absolute Gasteiger partial charge is 0.296 e. The molecule has 0 saturated heterocycles. The van der Waals surface area contributed by atoms with Crippen molar-refractivity contribution in [1.82, 2.24) is 30.0 Å². The zero-order valence-corrected chi connectivity index (χ0v) is 29.2. The molecule has 0 spiro atoms. The number of fused-ring (bicyclic) bond motifs is 2. The van der Waals surface area contributed by atoms with Gasteiger partial charge in [0.05, 0.1) is 11.1 Å². The van der Waals surface area contributed by atoms with Gasteiger partial charge in [-0.2, -0.15) is 0 Å². The van der Waals surface area contributed by atoms with E-state index in [0.29, 0.717) is 30.5 Å². The van der Waals surface area contributed by atoms with Gasteiger partial charge >= 0.3 is 0 Å². The lowest BCUT2D eigenvalue weighted by Gasteiger charge is -2.37. The highest BCUT2D eigenvalue weighted by Crippen LogP contribution is 2.41. The van der Waals surface area contributed by atoms with Crippen LogP contribution in [0.4, 0.5) is 0 Å². The van der Waals surface area contributed by atoms with Gasteiger partial charge in [0.25, 0.3) is 11.8 Å². The molecule has 0 fully saturated rings. The molecule has 0 bridgehead atoms. The normalized spacial score (nSPS) is 15.6. The molecular weight excluding hydrogens is 645 g/mol. The van der Waals surface area contributed by atoms with Gasteiger partial charge in [-0.3, -0.25) is 19.4 Å². The number of imide groups is 1. The second kappa shape index (κ2) is 14.9. The van der Waals surface area contributed by atoms with Crippen LogP contribution in [0.1, 0.15) is 86.1 Å². The number of benzene rings is 5. The van der Waals surface area contributed by atoms with Crippen molar-refractivity contribution in [3.8, 4) is 0 Å². The van der Waals surface area contributed by atoms with Crippen LogP contribution >= 0.6 is 0 Å². The number of tetrazole rings is 1. The average molecular weight is 687 g/mol. The van der Waals surface area contributed by atoms with Crippen LogP contribution < -0.4 is 0 Å². The number of amides is 2. The maximum Gasteiger partial charge on any atom is 0.261 e. The Bertz CT molecular complexity index is 2020. The first kappa shape index (κ1) is 33.4. The molecule has 2 aliphatic rings. The minimum Gasteiger partial charge on any atom is -0.296 e. The van der Waals surface area contributed by atoms with E-state index in [-0.39, 0.29) is 17.9 Å². The van der Waals surface area contributed by atoms with Gasteiger partial charge in [0.2, 0.25) is 0 Å². The molecule has 1 unspecified atom stereocenters. The van der Waals surface area contributed by atoms with Crippen molar-refractivity contribution in [3.63, 3.8) is 0 Å². The summed E-state index contributed by atoms with van der Waals surface area (Å²) in [7, 11) is 0. The Morgan fingerprint density at radius 2 is 1.19 bits per heavy atom. The van der Waals surface area contributed by atoms with E-state index in [9.17, 15) is 9.59 Å². The molecule has 1 aromatic heterocycles. The molecule has 1 atom stereocenters. The number of nitrogens with zero attached hydrogens (tertiary/aromatic N) is 6. The number of aryl methyl sites for hydroxylation is 2. The first-order chi connectivity index (χ1) is 25.7. The molecule has 2 heterocycles. The molecule has 260 valence electrons. The SMILES string of the molecule is O=C1c2ccccc2C(=O)N1CCCN(CCCc1nnnn1C(c1ccccc1)(c1ccccc1)c1ccccc1)C1CCCc2ccccc21. The summed E-state index contributed by atoms with van der Waals surface area (Å²) in [5.41, 5.74) is 6.25. The highest BCUT2D eigenvalue weighted by atomic mass is 16.2. The predicted molar refractivity (Wildman–Crippen MR) is 201 cm³/mol. The molecule has 1 aliphatic heterocycles. The van der Waals surface area contributed by atoms with E-state index < -0.39 is 5.54 Å². The molecule has 0 radical (unpaired) electrons. The maximum atomic E-state index is 13.1. The molecular formula is C44H42N6O2. The molecule has 1 aliphatic carbocycles. The Labute approximate surface area is 304 Å². The first-order valence-electron chi connectivity index (χ1n) is 18.4. The lowest BCUT2D eigenvalue weighted by Crippen LogP contribution is -2.40. The summed E-state index contributed by atoms with van der Waals surface area (Å²) >= 11 is 0. The minimum absolute atomic E-state index is 0.194. The van der Waals surface area contributed by atoms with Gasteiger partial charge < -0.3 is 0 Å². The number of carbonyl (C=O) groups is 2. The van der Waals surface area contributed by atoms with Crippen LogP contribution in [0, 0.1) is 0 Å². The lowest BCUT2D eigenvalue weighted by molar-refractivity contribution is 0.0642. The predicted octanol–water partition coefficient (Wildman–Crippen LogP) is 7.51. The van der Waals surface area contributed by atoms with Crippen LogP contribution in [0.25, 0.3) is 0 Å². The Hall–Kier alpha value is -5.73. The molecule has 8 nitrogen and oxygen atoms in total. The second-order valence-corrected chi connectivity index (χ2v) is 13.7. The fourth-order valence-corrected chi connectivity index (χ4v) is 8.37. The van der Waals surface area contributed by atoms with Crippen LogP contribution in [0.3, 0.4) is 0 Å². The number of carbonyl (C=O) groups excluding carboxylic acids is 2. The average Bonchev–Trinajstić information content (AvgIpc) is 3.77. The summed E-state index contributed by atoms with van der Waals surface area (Å²) in [4.78, 5) is 30.3. The number of aromatic nitrogens is 4. The van der Waals surface area contributed by atoms with Crippen LogP contribution in [0.5, 0.6) is 0 Å². The Morgan fingerprint density at radius 3 is 1.81 bits per heavy atom. The fraction of sp³-hybridized carbons (Fsp3) is 0.250. The third-order valence-electron chi connectivity index (χ3n) is 10.8. The number of hydrogen-bond donors (Lipinski definition) is 0. The highest BCUT2D eigenvalue weighted by molar-refractivity contribution is 6.21. The molecule has 2 amide bonds. The quantitative estimate of drug-likeness (QED) is 0.0924. The lowest BCUT2D eigenvalue weighted by atomic mass is 9.77. The van der Waals surface area contributed by atoms with E-state index in [1.807, 2.05) is 35.0 Å². The van der Waals surface area contributed by atoms with Gasteiger partial charge in [-0.25, -0.2) is 4.68 Å². The Balaban J connectivity index is 1.07. The van der Waals surface area contributed by atoms with Gasteiger partial charge in [-0.1, -0.05) is 127 Å². The van der Waals surface area contributed by atoms with Crippen LogP contribution in [0.15, 0.2) is 140 Å². The van der Waals surface area contributed by atoms with Crippen LogP contribution in [-0.2, 0) is 18.4 Å². The maximum absolute atomic E-state index is 13.1. The summed E-state index contributed by atoms with van der Waals surface area (Å²) in [5, 5.41) is 13.7. The van der Waals surface area contributed by atoms with Gasteiger partial charge in [0.15, 0.2) is 5.82 Å². The number of rotatable bonds is 13. The molecule has 0 N–H and O–H groups in total. The smallest absolute Gasteiger partial charge is 0.261 e. The minimum atomic E-state index is -0.781. The van der Waals surface area contributed by atoms with E-state index in [1.54, 1.807) is 12.1 Å². The standard InChI is InChI=1S/C44H42N6O2/c51-42-38-26-12-13-27-39(38)43(52)49(42)32-16-31-48(40-28-14-18-33-17-10-11-25-37(33)40)30-15-29-41-45-46-47-50(41)44(34-19-4-1-5-20-34,35-21-6-2-7-22-35)36-23-8-3-9-24-36/h1-13,17,19-27,40H,14-16,18,28-32H2. The summed E-state index contributed by atoms with van der Waals surface area (Å²) < 4.78 is 2.02. The molecule has 52 heavy (non-hydrogen) atoms. The van der Waals surface area contributed by atoms with Crippen molar-refractivity contribution in [2.24, 2.45) is 0 Å². The van der Waals surface area contributed by atoms with E-state index in [2.05, 4.69) is 112 Å². The topological polar surface area (TPSA) is 84.2 Å². The van der Waals surface area contributed by atoms with Crippen molar-refractivity contribution < 1.29 is 9.59 Å². The molecule has 5 aromatic carbocycles. The van der Waals surface area contributed by atoms with Crippen molar-refractivity contribution >= 4 is 11.8 Å². The third kappa shape index (κ3) is 6.13. The van der Waals surface area contributed by atoms with Crippen LogP contribution in [-0.4, -0.2) is 61.5 Å². The van der Waals surface area contributed by atoms with Crippen molar-refractivity contribution in [1.29, 1.82) is 0 Å². The fourth-order valence-electron chi connectivity index (χ4n) is 8.37. The highest BCUT2D eigenvalue weighted by Gasteiger charge is 2.41. The summed E-state index contributed by atoms with van der Waals surface area (Å²) in [6.45, 7) is 1.98. The molecule has 8 heteroatoms. The van der Waals surface area contributed by atoms with E-state index >= 15 is 0 Å². The van der Waals surface area contributed by atoms with Crippen LogP contribution in [0.2, 0.25) is 0 Å². The van der Waals surface area contributed by atoms with Crippen molar-refractivity contribution in [2.45, 2.75) is 50.1 Å². The Morgan fingerprint density at radius 1 is 0.654 bits per heavy atom. The van der Waals surface area contributed by atoms with E-state index in [4.69, 9.17) is 5.21 Å². The summed E-state index contributed by atoms with van der Waals surface area (Å²) in [6, 6.07) is 47.7. The van der Waals surface area contributed by atoms with Crippen molar-refractivity contribution in [2.75, 3.05) is 19.6 Å². The molecule has 8 rings (SSSR count). The van der Waals surface area contributed by atoms with E-state index in [1.165, 1.54) is 16.0 Å². The summed E-state index contributed by atoms with van der Waals surface area (Å²) in [6.07, 6.45) is 5.49. The van der Waals surface area contributed by atoms with Gasteiger partial charge in [0.1, 0.15) is 5.54 Å². The second-order valence-electron chi connectivity index (χ2n) is 13.7. The first-order valence-corrected chi connectivity index (χ1v) is 18.4. The van der Waals surface area contributed by atoms with Crippen molar-refractivity contribution in [3.05, 3.63) is 184 Å². The Kier molecular flexibility index (Phi) is 9.55. The number of hydrogen-bond acceptors (Lipinski definition) is 6. The molecule has 0 saturated carbocycles. The monoisotopic (exact) mass is 686 g/mol. The third-order valence-corrected chi connectivity index (χ3v) is 10.8. The van der Waals surface area contributed by atoms with E-state index in [0.717, 1.165) is 61.3 Å². The zero-order chi connectivity index (χ0) is 35.3. The van der Waals surface area contributed by atoms with Gasteiger partial charge in [0, 0.05) is 25.6 Å². The summed E-state index contributed by atoms with van der Waals surface area (Å²) in [5.74, 6) is 0.424. The molecule has 6 aromatic rings.